The molecule has 0 heterocycles. The van der Waals surface area contributed by atoms with Gasteiger partial charge in [0.2, 0.25) is 0 Å². The van der Waals surface area contributed by atoms with Gasteiger partial charge in [-0.3, -0.25) is 11.3 Å². The fraction of sp³-hybridized carbons (Fsp3) is 0.571. The highest BCUT2D eigenvalue weighted by Gasteiger charge is 2.37. The normalized spacial score (nSPS) is 19.1. The predicted octanol–water partition coefficient (Wildman–Crippen LogP) is 4.55. The molecule has 1 aromatic rings. The zero-order valence-corrected chi connectivity index (χ0v) is 12.6. The second kappa shape index (κ2) is 6.45. The standard InChI is InChI=1S/C14H18BrF3N2/c15-10-6-7-11(12(8-10)14(16,17)18)13(20-19)9-4-2-1-3-5-9/h6-9,13,20H,1-5,19H2. The Bertz CT molecular complexity index is 456. The number of nitrogens with two attached hydrogens (primary N) is 1. The van der Waals surface area contributed by atoms with Crippen molar-refractivity contribution < 1.29 is 13.2 Å². The predicted molar refractivity (Wildman–Crippen MR) is 75.8 cm³/mol. The zero-order valence-electron chi connectivity index (χ0n) is 11.0. The van der Waals surface area contributed by atoms with Crippen molar-refractivity contribution in [1.82, 2.24) is 5.43 Å². The quantitative estimate of drug-likeness (QED) is 0.619. The Hall–Kier alpha value is -0.590. The minimum Gasteiger partial charge on any atom is -0.271 e. The van der Waals surface area contributed by atoms with Crippen molar-refractivity contribution in [2.24, 2.45) is 11.8 Å². The molecule has 6 heteroatoms. The largest absolute Gasteiger partial charge is 0.416 e. The molecule has 0 spiro atoms. The second-order valence-corrected chi connectivity index (χ2v) is 6.19. The molecule has 1 unspecified atom stereocenters. The van der Waals surface area contributed by atoms with Crippen molar-refractivity contribution in [2.75, 3.05) is 0 Å². The zero-order chi connectivity index (χ0) is 14.8. The van der Waals surface area contributed by atoms with Crippen LogP contribution in [-0.2, 0) is 6.18 Å². The fourth-order valence-electron chi connectivity index (χ4n) is 2.99. The lowest BCUT2D eigenvalue weighted by Gasteiger charge is -2.31. The van der Waals surface area contributed by atoms with Crippen molar-refractivity contribution in [3.8, 4) is 0 Å². The third kappa shape index (κ3) is 3.54. The van der Waals surface area contributed by atoms with E-state index < -0.39 is 17.8 Å². The van der Waals surface area contributed by atoms with E-state index in [2.05, 4.69) is 21.4 Å². The number of hydrazine groups is 1. The fourth-order valence-corrected chi connectivity index (χ4v) is 3.35. The highest BCUT2D eigenvalue weighted by molar-refractivity contribution is 9.10. The Morgan fingerprint density at radius 1 is 1.20 bits per heavy atom. The summed E-state index contributed by atoms with van der Waals surface area (Å²) < 4.78 is 40.0. The van der Waals surface area contributed by atoms with Crippen molar-refractivity contribution in [3.63, 3.8) is 0 Å². The first kappa shape index (κ1) is 15.8. The van der Waals surface area contributed by atoms with E-state index in [0.29, 0.717) is 4.47 Å². The van der Waals surface area contributed by atoms with Crippen LogP contribution < -0.4 is 11.3 Å². The van der Waals surface area contributed by atoms with Gasteiger partial charge >= 0.3 is 6.18 Å². The number of nitrogens with one attached hydrogen (secondary N) is 1. The number of halogens is 4. The van der Waals surface area contributed by atoms with Gasteiger partial charge in [0.15, 0.2) is 0 Å². The summed E-state index contributed by atoms with van der Waals surface area (Å²) in [6, 6.07) is 3.84. The smallest absolute Gasteiger partial charge is 0.271 e. The topological polar surface area (TPSA) is 38.0 Å². The van der Waals surface area contributed by atoms with E-state index in [9.17, 15) is 13.2 Å². The molecule has 20 heavy (non-hydrogen) atoms. The van der Waals surface area contributed by atoms with E-state index in [1.165, 1.54) is 6.07 Å². The third-order valence-corrected chi connectivity index (χ3v) is 4.45. The molecule has 1 fully saturated rings. The van der Waals surface area contributed by atoms with Gasteiger partial charge in [-0.15, -0.1) is 0 Å². The second-order valence-electron chi connectivity index (χ2n) is 5.27. The molecular weight excluding hydrogens is 333 g/mol. The minimum absolute atomic E-state index is 0.163. The molecule has 0 radical (unpaired) electrons. The van der Waals surface area contributed by atoms with E-state index in [1.54, 1.807) is 6.07 Å². The van der Waals surface area contributed by atoms with Gasteiger partial charge in [0.25, 0.3) is 0 Å². The summed E-state index contributed by atoms with van der Waals surface area (Å²) in [4.78, 5) is 0. The molecule has 2 nitrogen and oxygen atoms in total. The Labute approximate surface area is 125 Å². The SMILES string of the molecule is NNC(c1ccc(Br)cc1C(F)(F)F)C1CCCCC1. The summed E-state index contributed by atoms with van der Waals surface area (Å²) in [6.07, 6.45) is 0.731. The van der Waals surface area contributed by atoms with Crippen LogP contribution in [0.25, 0.3) is 0 Å². The van der Waals surface area contributed by atoms with E-state index in [4.69, 9.17) is 5.84 Å². The molecule has 1 aromatic carbocycles. The highest BCUT2D eigenvalue weighted by Crippen LogP contribution is 2.41. The highest BCUT2D eigenvalue weighted by atomic mass is 79.9. The Kier molecular flexibility index (Phi) is 5.09. The molecular formula is C14H18BrF3N2. The molecule has 0 aliphatic heterocycles. The molecule has 0 aromatic heterocycles. The first-order chi connectivity index (χ1) is 9.43. The maximum absolute atomic E-state index is 13.2. The number of benzene rings is 1. The lowest BCUT2D eigenvalue weighted by molar-refractivity contribution is -0.138. The summed E-state index contributed by atoms with van der Waals surface area (Å²) in [7, 11) is 0. The lowest BCUT2D eigenvalue weighted by atomic mass is 9.80. The molecule has 0 amide bonds. The van der Waals surface area contributed by atoms with Gasteiger partial charge in [0.05, 0.1) is 5.56 Å². The van der Waals surface area contributed by atoms with Gasteiger partial charge in [-0.05, 0) is 36.5 Å². The lowest BCUT2D eigenvalue weighted by Crippen LogP contribution is -2.35. The summed E-state index contributed by atoms with van der Waals surface area (Å²) in [5.74, 6) is 5.72. The Morgan fingerprint density at radius 2 is 1.85 bits per heavy atom. The van der Waals surface area contributed by atoms with Crippen LogP contribution in [0.3, 0.4) is 0 Å². The molecule has 112 valence electrons. The van der Waals surface area contributed by atoms with Gasteiger partial charge in [-0.2, -0.15) is 13.2 Å². The van der Waals surface area contributed by atoms with Crippen LogP contribution in [0, 0.1) is 5.92 Å². The molecule has 2 rings (SSSR count). The van der Waals surface area contributed by atoms with E-state index in [0.717, 1.165) is 38.2 Å². The Balaban J connectivity index is 2.38. The van der Waals surface area contributed by atoms with Crippen LogP contribution in [0.5, 0.6) is 0 Å². The molecule has 1 aliphatic rings. The van der Waals surface area contributed by atoms with Crippen molar-refractivity contribution in [1.29, 1.82) is 0 Å². The average molecular weight is 351 g/mol. The first-order valence-electron chi connectivity index (χ1n) is 6.76. The van der Waals surface area contributed by atoms with Crippen molar-refractivity contribution >= 4 is 15.9 Å². The van der Waals surface area contributed by atoms with Crippen LogP contribution >= 0.6 is 15.9 Å². The van der Waals surface area contributed by atoms with Crippen LogP contribution in [0.4, 0.5) is 13.2 Å². The summed E-state index contributed by atoms with van der Waals surface area (Å²) >= 11 is 3.10. The van der Waals surface area contributed by atoms with Crippen molar-refractivity contribution in [2.45, 2.75) is 44.3 Å². The number of hydrogen-bond donors (Lipinski definition) is 2. The molecule has 1 saturated carbocycles. The molecule has 1 aliphatic carbocycles. The summed E-state index contributed by atoms with van der Waals surface area (Å²) in [5, 5.41) is 0. The monoisotopic (exact) mass is 350 g/mol. The van der Waals surface area contributed by atoms with Crippen molar-refractivity contribution in [3.05, 3.63) is 33.8 Å². The molecule has 0 saturated heterocycles. The van der Waals surface area contributed by atoms with Gasteiger partial charge in [-0.25, -0.2) is 0 Å². The minimum atomic E-state index is -4.37. The molecule has 1 atom stereocenters. The van der Waals surface area contributed by atoms with Crippen LogP contribution in [-0.4, -0.2) is 0 Å². The van der Waals surface area contributed by atoms with Crippen LogP contribution in [0.1, 0.15) is 49.3 Å². The number of alkyl halides is 3. The maximum Gasteiger partial charge on any atom is 0.416 e. The Morgan fingerprint density at radius 3 is 2.40 bits per heavy atom. The van der Waals surface area contributed by atoms with E-state index in [1.807, 2.05) is 0 Å². The van der Waals surface area contributed by atoms with Gasteiger partial charge < -0.3 is 0 Å². The van der Waals surface area contributed by atoms with Gasteiger partial charge in [-0.1, -0.05) is 41.3 Å². The van der Waals surface area contributed by atoms with E-state index >= 15 is 0 Å². The third-order valence-electron chi connectivity index (χ3n) is 3.96. The number of rotatable bonds is 3. The van der Waals surface area contributed by atoms with E-state index in [-0.39, 0.29) is 11.5 Å². The summed E-state index contributed by atoms with van der Waals surface area (Å²) in [5.41, 5.74) is 2.24. The van der Waals surface area contributed by atoms with Crippen LogP contribution in [0.2, 0.25) is 0 Å². The number of hydrogen-bond acceptors (Lipinski definition) is 2. The van der Waals surface area contributed by atoms with Gasteiger partial charge in [0.1, 0.15) is 0 Å². The molecule has 3 N–H and O–H groups in total. The first-order valence-corrected chi connectivity index (χ1v) is 7.55. The summed E-state index contributed by atoms with van der Waals surface area (Å²) in [6.45, 7) is 0. The van der Waals surface area contributed by atoms with Gasteiger partial charge in [0, 0.05) is 10.5 Å². The maximum atomic E-state index is 13.2. The van der Waals surface area contributed by atoms with Crippen LogP contribution in [0.15, 0.2) is 22.7 Å². The molecule has 0 bridgehead atoms. The average Bonchev–Trinajstić information content (AvgIpc) is 2.41.